The summed E-state index contributed by atoms with van der Waals surface area (Å²) in [4.78, 5) is 4.12. The monoisotopic (exact) mass is 246 g/mol. The van der Waals surface area contributed by atoms with Crippen molar-refractivity contribution in [3.63, 3.8) is 0 Å². The molecule has 1 heterocycles. The molecule has 2 aromatic rings. The van der Waals surface area contributed by atoms with Crippen LogP contribution in [-0.2, 0) is 0 Å². The fourth-order valence-electron chi connectivity index (χ4n) is 1.70. The van der Waals surface area contributed by atoms with Gasteiger partial charge >= 0.3 is 0 Å². The molecule has 0 amide bonds. The van der Waals surface area contributed by atoms with E-state index in [1.807, 2.05) is 30.5 Å². The summed E-state index contributed by atoms with van der Waals surface area (Å²) in [5.41, 5.74) is 3.41. The molecule has 0 fully saturated rings. The Balaban J connectivity index is 2.18. The Kier molecular flexibility index (Phi) is 3.64. The SMILES string of the molecule is Cc1ccc(Cl)cc1NC(C)c1cccnc1. The van der Waals surface area contributed by atoms with Gasteiger partial charge in [-0.2, -0.15) is 0 Å². The standard InChI is InChI=1S/C14H15ClN2/c1-10-5-6-13(15)8-14(10)17-11(2)12-4-3-7-16-9-12/h3-9,11,17H,1-2H3. The highest BCUT2D eigenvalue weighted by atomic mass is 35.5. The topological polar surface area (TPSA) is 24.9 Å². The van der Waals surface area contributed by atoms with Crippen LogP contribution in [-0.4, -0.2) is 4.98 Å². The molecule has 17 heavy (non-hydrogen) atoms. The predicted molar refractivity (Wildman–Crippen MR) is 72.5 cm³/mol. The zero-order chi connectivity index (χ0) is 12.3. The molecule has 0 radical (unpaired) electrons. The van der Waals surface area contributed by atoms with Crippen LogP contribution in [0.1, 0.15) is 24.1 Å². The number of halogens is 1. The molecule has 1 unspecified atom stereocenters. The molecule has 1 N–H and O–H groups in total. The first-order valence-electron chi connectivity index (χ1n) is 5.59. The number of hydrogen-bond donors (Lipinski definition) is 1. The van der Waals surface area contributed by atoms with Gasteiger partial charge in [0.2, 0.25) is 0 Å². The molecular weight excluding hydrogens is 232 g/mol. The van der Waals surface area contributed by atoms with Crippen LogP contribution in [0.15, 0.2) is 42.7 Å². The number of nitrogens with zero attached hydrogens (tertiary/aromatic N) is 1. The minimum atomic E-state index is 0.209. The van der Waals surface area contributed by atoms with Crippen LogP contribution in [0.4, 0.5) is 5.69 Å². The van der Waals surface area contributed by atoms with Crippen molar-refractivity contribution in [1.29, 1.82) is 0 Å². The van der Waals surface area contributed by atoms with Crippen molar-refractivity contribution >= 4 is 17.3 Å². The second kappa shape index (κ2) is 5.19. The summed E-state index contributed by atoms with van der Waals surface area (Å²) in [6, 6.07) is 10.1. The van der Waals surface area contributed by atoms with Gasteiger partial charge in [-0.1, -0.05) is 23.7 Å². The van der Waals surface area contributed by atoms with E-state index < -0.39 is 0 Å². The van der Waals surface area contributed by atoms with Gasteiger partial charge < -0.3 is 5.32 Å². The summed E-state index contributed by atoms with van der Waals surface area (Å²) in [7, 11) is 0. The van der Waals surface area contributed by atoms with Gasteiger partial charge in [0.1, 0.15) is 0 Å². The normalized spacial score (nSPS) is 12.2. The van der Waals surface area contributed by atoms with E-state index in [9.17, 15) is 0 Å². The summed E-state index contributed by atoms with van der Waals surface area (Å²) in [5.74, 6) is 0. The first-order chi connectivity index (χ1) is 8.16. The molecule has 0 aliphatic rings. The first kappa shape index (κ1) is 11.9. The van der Waals surface area contributed by atoms with E-state index in [-0.39, 0.29) is 6.04 Å². The Morgan fingerprint density at radius 3 is 2.82 bits per heavy atom. The number of rotatable bonds is 3. The van der Waals surface area contributed by atoms with Crippen molar-refractivity contribution < 1.29 is 0 Å². The van der Waals surface area contributed by atoms with Crippen LogP contribution in [0, 0.1) is 6.92 Å². The number of nitrogens with one attached hydrogen (secondary N) is 1. The lowest BCUT2D eigenvalue weighted by molar-refractivity contribution is 0.874. The zero-order valence-electron chi connectivity index (χ0n) is 9.94. The molecule has 2 nitrogen and oxygen atoms in total. The van der Waals surface area contributed by atoms with E-state index >= 15 is 0 Å². The van der Waals surface area contributed by atoms with Crippen LogP contribution >= 0.6 is 11.6 Å². The van der Waals surface area contributed by atoms with Crippen LogP contribution < -0.4 is 5.32 Å². The van der Waals surface area contributed by atoms with Crippen molar-refractivity contribution in [1.82, 2.24) is 4.98 Å². The van der Waals surface area contributed by atoms with Crippen LogP contribution in [0.25, 0.3) is 0 Å². The fourth-order valence-corrected chi connectivity index (χ4v) is 1.87. The Hall–Kier alpha value is -1.54. The molecule has 1 atom stereocenters. The molecule has 0 aliphatic carbocycles. The molecule has 88 valence electrons. The quantitative estimate of drug-likeness (QED) is 0.877. The van der Waals surface area contributed by atoms with Gasteiger partial charge in [0.25, 0.3) is 0 Å². The van der Waals surface area contributed by atoms with Crippen molar-refractivity contribution in [2.45, 2.75) is 19.9 Å². The van der Waals surface area contributed by atoms with Gasteiger partial charge in [-0.25, -0.2) is 0 Å². The van der Waals surface area contributed by atoms with Crippen molar-refractivity contribution in [2.24, 2.45) is 0 Å². The van der Waals surface area contributed by atoms with Crippen LogP contribution in [0.3, 0.4) is 0 Å². The Morgan fingerprint density at radius 2 is 2.12 bits per heavy atom. The van der Waals surface area contributed by atoms with Crippen LogP contribution in [0.2, 0.25) is 5.02 Å². The average molecular weight is 247 g/mol. The summed E-state index contributed by atoms with van der Waals surface area (Å²) in [6.07, 6.45) is 3.65. The lowest BCUT2D eigenvalue weighted by atomic mass is 10.1. The van der Waals surface area contributed by atoms with E-state index in [1.54, 1.807) is 6.20 Å². The summed E-state index contributed by atoms with van der Waals surface area (Å²) in [5, 5.41) is 4.19. The number of aryl methyl sites for hydroxylation is 1. The molecule has 3 heteroatoms. The van der Waals surface area contributed by atoms with Gasteiger partial charge in [0.15, 0.2) is 0 Å². The fraction of sp³-hybridized carbons (Fsp3) is 0.214. The molecule has 0 saturated heterocycles. The molecule has 1 aromatic carbocycles. The molecule has 0 saturated carbocycles. The van der Waals surface area contributed by atoms with Gasteiger partial charge in [0, 0.05) is 23.1 Å². The van der Waals surface area contributed by atoms with Crippen LogP contribution in [0.5, 0.6) is 0 Å². The number of benzene rings is 1. The van der Waals surface area contributed by atoms with Gasteiger partial charge in [-0.3, -0.25) is 4.98 Å². The van der Waals surface area contributed by atoms with E-state index in [4.69, 9.17) is 11.6 Å². The molecular formula is C14H15ClN2. The highest BCUT2D eigenvalue weighted by Gasteiger charge is 2.07. The van der Waals surface area contributed by atoms with Crippen molar-refractivity contribution in [3.8, 4) is 0 Å². The molecule has 0 aliphatic heterocycles. The minimum Gasteiger partial charge on any atom is -0.378 e. The number of anilines is 1. The third-order valence-corrected chi connectivity index (χ3v) is 2.99. The van der Waals surface area contributed by atoms with E-state index in [2.05, 4.69) is 30.2 Å². The second-order valence-electron chi connectivity index (χ2n) is 4.11. The van der Waals surface area contributed by atoms with Crippen molar-refractivity contribution in [2.75, 3.05) is 5.32 Å². The molecule has 1 aromatic heterocycles. The van der Waals surface area contributed by atoms with Gasteiger partial charge in [0.05, 0.1) is 6.04 Å². The lowest BCUT2D eigenvalue weighted by Gasteiger charge is -2.17. The maximum atomic E-state index is 5.99. The number of aromatic nitrogens is 1. The molecule has 0 spiro atoms. The van der Waals surface area contributed by atoms with Gasteiger partial charge in [-0.05, 0) is 43.2 Å². The highest BCUT2D eigenvalue weighted by molar-refractivity contribution is 6.30. The summed E-state index contributed by atoms with van der Waals surface area (Å²) in [6.45, 7) is 4.17. The molecule has 0 bridgehead atoms. The van der Waals surface area contributed by atoms with E-state index in [0.29, 0.717) is 0 Å². The smallest absolute Gasteiger partial charge is 0.0500 e. The third kappa shape index (κ3) is 2.98. The first-order valence-corrected chi connectivity index (χ1v) is 5.97. The Morgan fingerprint density at radius 1 is 1.29 bits per heavy atom. The second-order valence-corrected chi connectivity index (χ2v) is 4.55. The van der Waals surface area contributed by atoms with Crippen molar-refractivity contribution in [3.05, 3.63) is 58.9 Å². The summed E-state index contributed by atoms with van der Waals surface area (Å²) < 4.78 is 0. The van der Waals surface area contributed by atoms with E-state index in [1.165, 1.54) is 5.56 Å². The Labute approximate surface area is 107 Å². The number of hydrogen-bond acceptors (Lipinski definition) is 2. The van der Waals surface area contributed by atoms with Gasteiger partial charge in [-0.15, -0.1) is 0 Å². The largest absolute Gasteiger partial charge is 0.378 e. The maximum absolute atomic E-state index is 5.99. The summed E-state index contributed by atoms with van der Waals surface area (Å²) >= 11 is 5.99. The zero-order valence-corrected chi connectivity index (χ0v) is 10.7. The minimum absolute atomic E-state index is 0.209. The maximum Gasteiger partial charge on any atom is 0.0500 e. The number of pyridine rings is 1. The molecule has 2 rings (SSSR count). The predicted octanol–water partition coefficient (Wildman–Crippen LogP) is 4.22. The Bertz CT molecular complexity index is 497. The third-order valence-electron chi connectivity index (χ3n) is 2.76. The average Bonchev–Trinajstić information content (AvgIpc) is 2.35. The highest BCUT2D eigenvalue weighted by Crippen LogP contribution is 2.24. The lowest BCUT2D eigenvalue weighted by Crippen LogP contribution is -2.07. The van der Waals surface area contributed by atoms with E-state index in [0.717, 1.165) is 16.3 Å².